The molecular weight excluding hydrogens is 309 g/mol. The van der Waals surface area contributed by atoms with Crippen molar-refractivity contribution in [3.63, 3.8) is 0 Å². The van der Waals surface area contributed by atoms with E-state index in [0.717, 1.165) is 38.4 Å². The van der Waals surface area contributed by atoms with E-state index in [0.29, 0.717) is 11.1 Å². The highest BCUT2D eigenvalue weighted by atomic mass is 19.1. The predicted octanol–water partition coefficient (Wildman–Crippen LogP) is 3.82. The molecule has 2 aromatic rings. The lowest BCUT2D eigenvalue weighted by atomic mass is 10.0. The van der Waals surface area contributed by atoms with Crippen LogP contribution in [0.1, 0.15) is 40.0 Å². The summed E-state index contributed by atoms with van der Waals surface area (Å²) in [5.41, 5.74) is 1.35. The van der Waals surface area contributed by atoms with Crippen molar-refractivity contribution < 1.29 is 19.1 Å². The Bertz CT molecular complexity index is 765. The lowest BCUT2D eigenvalue weighted by Gasteiger charge is -2.26. The van der Waals surface area contributed by atoms with E-state index in [-0.39, 0.29) is 17.0 Å². The van der Waals surface area contributed by atoms with Crippen LogP contribution in [0.25, 0.3) is 11.1 Å². The number of carbonyl (C=O) groups is 2. The number of likely N-dealkylation sites (tertiary alicyclic amines) is 1. The number of amides is 1. The van der Waals surface area contributed by atoms with Crippen molar-refractivity contribution in [2.24, 2.45) is 0 Å². The average molecular weight is 327 g/mol. The smallest absolute Gasteiger partial charge is 0.335 e. The van der Waals surface area contributed by atoms with Gasteiger partial charge in [-0.3, -0.25) is 4.79 Å². The number of carboxylic acid groups (broad SMARTS) is 1. The Kier molecular flexibility index (Phi) is 4.60. The van der Waals surface area contributed by atoms with Crippen LogP contribution < -0.4 is 0 Å². The Labute approximate surface area is 139 Å². The predicted molar refractivity (Wildman–Crippen MR) is 88.5 cm³/mol. The molecule has 0 aliphatic carbocycles. The summed E-state index contributed by atoms with van der Waals surface area (Å²) in [5.74, 6) is -1.61. The van der Waals surface area contributed by atoms with E-state index in [1.807, 2.05) is 4.90 Å². The van der Waals surface area contributed by atoms with Gasteiger partial charge in [-0.25, -0.2) is 9.18 Å². The molecule has 1 fully saturated rings. The normalized spacial score (nSPS) is 14.5. The molecule has 4 nitrogen and oxygen atoms in total. The quantitative estimate of drug-likeness (QED) is 0.932. The van der Waals surface area contributed by atoms with Gasteiger partial charge in [0.2, 0.25) is 0 Å². The maximum Gasteiger partial charge on any atom is 0.335 e. The van der Waals surface area contributed by atoms with Gasteiger partial charge in [0.05, 0.1) is 5.56 Å². The number of carboxylic acids is 1. The van der Waals surface area contributed by atoms with E-state index in [2.05, 4.69) is 0 Å². The highest BCUT2D eigenvalue weighted by Gasteiger charge is 2.18. The van der Waals surface area contributed by atoms with Gasteiger partial charge in [0.1, 0.15) is 5.82 Å². The fraction of sp³-hybridized carbons (Fsp3) is 0.263. The highest BCUT2D eigenvalue weighted by molar-refractivity contribution is 5.95. The molecule has 1 N–H and O–H groups in total. The fourth-order valence-corrected chi connectivity index (χ4v) is 2.95. The molecule has 0 saturated carbocycles. The Balaban J connectivity index is 1.85. The van der Waals surface area contributed by atoms with Crippen LogP contribution in [0.4, 0.5) is 4.39 Å². The van der Waals surface area contributed by atoms with Gasteiger partial charge in [0, 0.05) is 24.2 Å². The SMILES string of the molecule is O=C(O)c1ccc(F)c(-c2ccc(C(=O)N3CCCCC3)cc2)c1. The topological polar surface area (TPSA) is 57.6 Å². The molecule has 1 amide bonds. The maximum atomic E-state index is 14.0. The average Bonchev–Trinajstić information content (AvgIpc) is 2.62. The lowest BCUT2D eigenvalue weighted by Crippen LogP contribution is -2.35. The molecule has 0 unspecified atom stereocenters. The van der Waals surface area contributed by atoms with Gasteiger partial charge >= 0.3 is 5.97 Å². The van der Waals surface area contributed by atoms with Gasteiger partial charge < -0.3 is 10.0 Å². The van der Waals surface area contributed by atoms with Crippen LogP contribution in [0.2, 0.25) is 0 Å². The van der Waals surface area contributed by atoms with Gasteiger partial charge in [-0.2, -0.15) is 0 Å². The number of halogens is 1. The monoisotopic (exact) mass is 327 g/mol. The van der Waals surface area contributed by atoms with Crippen molar-refractivity contribution in [2.45, 2.75) is 19.3 Å². The van der Waals surface area contributed by atoms with Crippen molar-refractivity contribution in [3.8, 4) is 11.1 Å². The second kappa shape index (κ2) is 6.83. The number of piperidine rings is 1. The van der Waals surface area contributed by atoms with Gasteiger partial charge in [-0.1, -0.05) is 12.1 Å². The molecule has 0 radical (unpaired) electrons. The molecule has 1 saturated heterocycles. The molecule has 1 heterocycles. The zero-order valence-corrected chi connectivity index (χ0v) is 13.2. The van der Waals surface area contributed by atoms with E-state index in [4.69, 9.17) is 5.11 Å². The number of carbonyl (C=O) groups excluding carboxylic acids is 1. The highest BCUT2D eigenvalue weighted by Crippen LogP contribution is 2.25. The van der Waals surface area contributed by atoms with Crippen molar-refractivity contribution >= 4 is 11.9 Å². The van der Waals surface area contributed by atoms with Crippen LogP contribution in [0.15, 0.2) is 42.5 Å². The Morgan fingerprint density at radius 2 is 1.54 bits per heavy atom. The molecule has 1 aliphatic heterocycles. The van der Waals surface area contributed by atoms with Gasteiger partial charge in [0.15, 0.2) is 0 Å². The summed E-state index contributed by atoms with van der Waals surface area (Å²) in [4.78, 5) is 25.3. The molecule has 5 heteroatoms. The number of rotatable bonds is 3. The second-order valence-electron chi connectivity index (χ2n) is 5.93. The first-order valence-corrected chi connectivity index (χ1v) is 7.99. The maximum absolute atomic E-state index is 14.0. The number of benzene rings is 2. The Hall–Kier alpha value is -2.69. The Morgan fingerprint density at radius 3 is 2.17 bits per heavy atom. The van der Waals surface area contributed by atoms with Crippen LogP contribution >= 0.6 is 0 Å². The summed E-state index contributed by atoms with van der Waals surface area (Å²) in [6.45, 7) is 1.55. The number of hydrogen-bond acceptors (Lipinski definition) is 2. The minimum Gasteiger partial charge on any atom is -0.478 e. The van der Waals surface area contributed by atoms with Crippen molar-refractivity contribution in [3.05, 3.63) is 59.4 Å². The van der Waals surface area contributed by atoms with E-state index < -0.39 is 11.8 Å². The van der Waals surface area contributed by atoms with E-state index in [9.17, 15) is 14.0 Å². The van der Waals surface area contributed by atoms with Crippen LogP contribution in [-0.2, 0) is 0 Å². The minimum atomic E-state index is -1.10. The van der Waals surface area contributed by atoms with Crippen LogP contribution in [0.5, 0.6) is 0 Å². The molecule has 2 aromatic carbocycles. The summed E-state index contributed by atoms with van der Waals surface area (Å²) in [6.07, 6.45) is 3.20. The Morgan fingerprint density at radius 1 is 0.917 bits per heavy atom. The standard InChI is InChI=1S/C19H18FNO3/c20-17-9-8-15(19(23)24)12-16(17)13-4-6-14(7-5-13)18(22)21-10-2-1-3-11-21/h4-9,12H,1-3,10-11H2,(H,23,24). The summed E-state index contributed by atoms with van der Waals surface area (Å²) in [6, 6.07) is 10.3. The second-order valence-corrected chi connectivity index (χ2v) is 5.93. The zero-order valence-electron chi connectivity index (χ0n) is 13.2. The van der Waals surface area contributed by atoms with Crippen LogP contribution in [0, 0.1) is 5.82 Å². The summed E-state index contributed by atoms with van der Waals surface area (Å²) in [5, 5.41) is 9.04. The first-order valence-electron chi connectivity index (χ1n) is 7.99. The molecular formula is C19H18FNO3. The van der Waals surface area contributed by atoms with Gasteiger partial charge in [0.25, 0.3) is 5.91 Å². The number of nitrogens with zero attached hydrogens (tertiary/aromatic N) is 1. The first kappa shape index (κ1) is 16.2. The first-order chi connectivity index (χ1) is 11.6. The lowest BCUT2D eigenvalue weighted by molar-refractivity contribution is 0.0694. The van der Waals surface area contributed by atoms with E-state index in [1.165, 1.54) is 12.1 Å². The molecule has 24 heavy (non-hydrogen) atoms. The molecule has 1 aliphatic rings. The number of hydrogen-bond donors (Lipinski definition) is 1. The fourth-order valence-electron chi connectivity index (χ4n) is 2.95. The van der Waals surface area contributed by atoms with Crippen molar-refractivity contribution in [1.82, 2.24) is 4.90 Å². The molecule has 124 valence electrons. The summed E-state index contributed by atoms with van der Waals surface area (Å²) < 4.78 is 14.0. The largest absolute Gasteiger partial charge is 0.478 e. The molecule has 0 atom stereocenters. The van der Waals surface area contributed by atoms with Crippen LogP contribution in [-0.4, -0.2) is 35.0 Å². The third-order valence-corrected chi connectivity index (χ3v) is 4.30. The van der Waals surface area contributed by atoms with Crippen molar-refractivity contribution in [1.29, 1.82) is 0 Å². The minimum absolute atomic E-state index is 0.0130. The third kappa shape index (κ3) is 3.30. The summed E-state index contributed by atoms with van der Waals surface area (Å²) >= 11 is 0. The van der Waals surface area contributed by atoms with Crippen LogP contribution in [0.3, 0.4) is 0 Å². The summed E-state index contributed by atoms with van der Waals surface area (Å²) in [7, 11) is 0. The van der Waals surface area contributed by atoms with E-state index in [1.54, 1.807) is 24.3 Å². The van der Waals surface area contributed by atoms with Gasteiger partial charge in [-0.05, 0) is 55.2 Å². The van der Waals surface area contributed by atoms with Crippen molar-refractivity contribution in [2.75, 3.05) is 13.1 Å². The zero-order chi connectivity index (χ0) is 17.1. The molecule has 0 aromatic heterocycles. The third-order valence-electron chi connectivity index (χ3n) is 4.30. The number of aromatic carboxylic acids is 1. The molecule has 0 spiro atoms. The molecule has 0 bridgehead atoms. The van der Waals surface area contributed by atoms with E-state index >= 15 is 0 Å². The molecule has 3 rings (SSSR count). The van der Waals surface area contributed by atoms with Gasteiger partial charge in [-0.15, -0.1) is 0 Å².